The summed E-state index contributed by atoms with van der Waals surface area (Å²) in [5.74, 6) is -1.09. The zero-order valence-corrected chi connectivity index (χ0v) is 12.8. The molecule has 21 heavy (non-hydrogen) atoms. The lowest BCUT2D eigenvalue weighted by molar-refractivity contribution is 0.0531. The average Bonchev–Trinajstić information content (AvgIpc) is 2.81. The summed E-state index contributed by atoms with van der Waals surface area (Å²) in [6.07, 6.45) is 0.215. The molecular weight excluding hydrogens is 292 g/mol. The van der Waals surface area contributed by atoms with Gasteiger partial charge in [0.25, 0.3) is 0 Å². The summed E-state index contributed by atoms with van der Waals surface area (Å²) < 4.78 is 5.33. The summed E-state index contributed by atoms with van der Waals surface area (Å²) in [7, 11) is 0. The number of aryl methyl sites for hydroxylation is 1. The van der Waals surface area contributed by atoms with Crippen molar-refractivity contribution < 1.29 is 24.5 Å². The van der Waals surface area contributed by atoms with Crippen molar-refractivity contribution in [2.45, 2.75) is 27.2 Å². The van der Waals surface area contributed by atoms with Crippen LogP contribution in [0.25, 0.3) is 10.1 Å². The van der Waals surface area contributed by atoms with E-state index in [0.717, 1.165) is 11.3 Å². The summed E-state index contributed by atoms with van der Waals surface area (Å²) in [5, 5.41) is 20.7. The Morgan fingerprint density at radius 1 is 1.29 bits per heavy atom. The molecule has 2 rings (SSSR count). The molecule has 1 heterocycles. The predicted octanol–water partition coefficient (Wildman–Crippen LogP) is 3.39. The fourth-order valence-corrected chi connectivity index (χ4v) is 3.30. The molecule has 112 valence electrons. The molecule has 0 aliphatic rings. The lowest BCUT2D eigenvalue weighted by atomic mass is 10.0. The first kappa shape index (κ1) is 15.3. The number of carbonyl (C=O) groups is 2. The summed E-state index contributed by atoms with van der Waals surface area (Å²) >= 11 is 1.04. The SMILES string of the molecule is CCOC(=O)c1sc2c(O)cc(C(=O)CC)c(O)c2c1C. The zero-order valence-electron chi connectivity index (χ0n) is 12.0. The van der Waals surface area contributed by atoms with Gasteiger partial charge in [-0.2, -0.15) is 0 Å². The fourth-order valence-electron chi connectivity index (χ4n) is 2.18. The molecule has 5 nitrogen and oxygen atoms in total. The van der Waals surface area contributed by atoms with Crippen LogP contribution in [0.5, 0.6) is 11.5 Å². The topological polar surface area (TPSA) is 83.8 Å². The molecule has 2 aromatic rings. The van der Waals surface area contributed by atoms with E-state index in [9.17, 15) is 19.8 Å². The third kappa shape index (κ3) is 2.47. The zero-order chi connectivity index (χ0) is 15.7. The maximum absolute atomic E-state index is 11.9. The minimum atomic E-state index is -0.502. The van der Waals surface area contributed by atoms with Gasteiger partial charge in [-0.05, 0) is 25.5 Å². The van der Waals surface area contributed by atoms with Crippen molar-refractivity contribution >= 4 is 33.2 Å². The number of thiophene rings is 1. The summed E-state index contributed by atoms with van der Waals surface area (Å²) in [5.41, 5.74) is 0.575. The molecular formula is C15H16O5S. The second-order valence-corrected chi connectivity index (χ2v) is 5.57. The van der Waals surface area contributed by atoms with Crippen LogP contribution in [-0.4, -0.2) is 28.6 Å². The number of ether oxygens (including phenoxy) is 1. The van der Waals surface area contributed by atoms with Gasteiger partial charge in [-0.15, -0.1) is 11.3 Å². The lowest BCUT2D eigenvalue weighted by Gasteiger charge is -2.06. The van der Waals surface area contributed by atoms with Gasteiger partial charge in [0.1, 0.15) is 16.4 Å². The Bertz CT molecular complexity index is 729. The van der Waals surface area contributed by atoms with E-state index in [1.54, 1.807) is 20.8 Å². The number of Topliss-reactive ketones (excluding diaryl/α,β-unsaturated/α-hetero) is 1. The minimum absolute atomic E-state index is 0.0683. The minimum Gasteiger partial charge on any atom is -0.506 e. The van der Waals surface area contributed by atoms with Crippen LogP contribution in [0.3, 0.4) is 0 Å². The number of phenols is 2. The van der Waals surface area contributed by atoms with Gasteiger partial charge in [-0.3, -0.25) is 4.79 Å². The van der Waals surface area contributed by atoms with Gasteiger partial charge < -0.3 is 14.9 Å². The number of hydrogen-bond acceptors (Lipinski definition) is 6. The molecule has 0 saturated heterocycles. The van der Waals surface area contributed by atoms with Gasteiger partial charge in [-0.1, -0.05) is 6.92 Å². The molecule has 0 bridgehead atoms. The maximum atomic E-state index is 11.9. The molecule has 6 heteroatoms. The Labute approximate surface area is 125 Å². The van der Waals surface area contributed by atoms with E-state index in [-0.39, 0.29) is 35.9 Å². The van der Waals surface area contributed by atoms with E-state index in [2.05, 4.69) is 0 Å². The highest BCUT2D eigenvalue weighted by molar-refractivity contribution is 7.21. The van der Waals surface area contributed by atoms with Crippen molar-refractivity contribution in [3.05, 3.63) is 22.1 Å². The first-order valence-corrected chi connectivity index (χ1v) is 7.42. The van der Waals surface area contributed by atoms with Crippen molar-refractivity contribution in [1.82, 2.24) is 0 Å². The Balaban J connectivity index is 2.74. The van der Waals surface area contributed by atoms with E-state index in [1.807, 2.05) is 0 Å². The summed E-state index contributed by atoms with van der Waals surface area (Å²) in [6.45, 7) is 5.27. The fraction of sp³-hybridized carbons (Fsp3) is 0.333. The number of aromatic hydroxyl groups is 2. The Hall–Kier alpha value is -2.08. The van der Waals surface area contributed by atoms with Gasteiger partial charge in [0.15, 0.2) is 5.78 Å². The Morgan fingerprint density at radius 3 is 2.52 bits per heavy atom. The third-order valence-corrected chi connectivity index (χ3v) is 4.53. The van der Waals surface area contributed by atoms with Crippen LogP contribution in [0.2, 0.25) is 0 Å². The Kier molecular flexibility index (Phi) is 4.18. The number of fused-ring (bicyclic) bond motifs is 1. The van der Waals surface area contributed by atoms with Crippen LogP contribution in [0.1, 0.15) is 45.9 Å². The van der Waals surface area contributed by atoms with Crippen LogP contribution in [0.4, 0.5) is 0 Å². The summed E-state index contributed by atoms with van der Waals surface area (Å²) in [6, 6.07) is 1.24. The molecule has 0 saturated carbocycles. The predicted molar refractivity (Wildman–Crippen MR) is 80.5 cm³/mol. The highest BCUT2D eigenvalue weighted by Crippen LogP contribution is 2.44. The van der Waals surface area contributed by atoms with Crippen LogP contribution >= 0.6 is 11.3 Å². The number of benzene rings is 1. The van der Waals surface area contributed by atoms with E-state index < -0.39 is 5.97 Å². The van der Waals surface area contributed by atoms with Crippen molar-refractivity contribution in [3.63, 3.8) is 0 Å². The van der Waals surface area contributed by atoms with Crippen LogP contribution in [0, 0.1) is 6.92 Å². The molecule has 0 fully saturated rings. The van der Waals surface area contributed by atoms with Crippen molar-refractivity contribution in [1.29, 1.82) is 0 Å². The number of carbonyl (C=O) groups excluding carboxylic acids is 2. The second-order valence-electron chi connectivity index (χ2n) is 4.55. The highest BCUT2D eigenvalue weighted by Gasteiger charge is 2.24. The summed E-state index contributed by atoms with van der Waals surface area (Å²) in [4.78, 5) is 24.0. The molecule has 0 radical (unpaired) electrons. The van der Waals surface area contributed by atoms with Crippen LogP contribution in [-0.2, 0) is 4.74 Å². The normalized spacial score (nSPS) is 10.8. The number of rotatable bonds is 4. The largest absolute Gasteiger partial charge is 0.506 e. The number of hydrogen-bond donors (Lipinski definition) is 2. The van der Waals surface area contributed by atoms with Gasteiger partial charge in [0.2, 0.25) is 0 Å². The van der Waals surface area contributed by atoms with E-state index in [0.29, 0.717) is 20.5 Å². The smallest absolute Gasteiger partial charge is 0.348 e. The first-order valence-electron chi connectivity index (χ1n) is 6.60. The third-order valence-electron chi connectivity index (χ3n) is 3.23. The van der Waals surface area contributed by atoms with Crippen LogP contribution < -0.4 is 0 Å². The highest BCUT2D eigenvalue weighted by atomic mass is 32.1. The molecule has 0 unspecified atom stereocenters. The van der Waals surface area contributed by atoms with E-state index >= 15 is 0 Å². The van der Waals surface area contributed by atoms with Crippen molar-refractivity contribution in [3.8, 4) is 11.5 Å². The van der Waals surface area contributed by atoms with E-state index in [1.165, 1.54) is 6.07 Å². The standard InChI is InChI=1S/C15H16O5S/c1-4-9(16)8-6-10(17)14-11(12(8)18)7(3)13(21-14)15(19)20-5-2/h6,17-18H,4-5H2,1-3H3. The molecule has 1 aromatic heterocycles. The maximum Gasteiger partial charge on any atom is 0.348 e. The van der Waals surface area contributed by atoms with Crippen molar-refractivity contribution in [2.24, 2.45) is 0 Å². The quantitative estimate of drug-likeness (QED) is 0.514. The molecule has 0 atom stereocenters. The van der Waals surface area contributed by atoms with Gasteiger partial charge in [0, 0.05) is 11.8 Å². The van der Waals surface area contributed by atoms with Crippen LogP contribution in [0.15, 0.2) is 6.07 Å². The Morgan fingerprint density at radius 2 is 1.95 bits per heavy atom. The lowest BCUT2D eigenvalue weighted by Crippen LogP contribution is -2.03. The monoisotopic (exact) mass is 308 g/mol. The first-order chi connectivity index (χ1) is 9.92. The average molecular weight is 308 g/mol. The molecule has 0 spiro atoms. The van der Waals surface area contributed by atoms with E-state index in [4.69, 9.17) is 4.74 Å². The van der Waals surface area contributed by atoms with Gasteiger partial charge in [-0.25, -0.2) is 4.79 Å². The number of esters is 1. The molecule has 0 aliphatic carbocycles. The molecule has 1 aromatic carbocycles. The molecule has 0 aliphatic heterocycles. The number of ketones is 1. The number of phenolic OH excluding ortho intramolecular Hbond substituents is 2. The molecule has 2 N–H and O–H groups in total. The van der Waals surface area contributed by atoms with Crippen molar-refractivity contribution in [2.75, 3.05) is 6.61 Å². The molecule has 0 amide bonds. The van der Waals surface area contributed by atoms with Gasteiger partial charge in [0.05, 0.1) is 16.9 Å². The second kappa shape index (κ2) is 5.73. The van der Waals surface area contributed by atoms with Gasteiger partial charge >= 0.3 is 5.97 Å².